The Morgan fingerprint density at radius 2 is 1.62 bits per heavy atom. The van der Waals surface area contributed by atoms with Crippen LogP contribution in [0.5, 0.6) is 5.75 Å². The molecule has 0 radical (unpaired) electrons. The summed E-state index contributed by atoms with van der Waals surface area (Å²) in [6, 6.07) is 24.7. The van der Waals surface area contributed by atoms with Crippen LogP contribution < -0.4 is 0 Å². The van der Waals surface area contributed by atoms with E-state index in [1.54, 1.807) is 12.1 Å². The number of rotatable bonds is 3. The summed E-state index contributed by atoms with van der Waals surface area (Å²) in [5, 5.41) is 11.0. The molecule has 3 aromatic carbocycles. The third kappa shape index (κ3) is 2.34. The molecule has 0 saturated carbocycles. The second-order valence-corrected chi connectivity index (χ2v) is 6.83. The van der Waals surface area contributed by atoms with Crippen molar-refractivity contribution in [2.45, 2.75) is 12.3 Å². The van der Waals surface area contributed by atoms with Gasteiger partial charge in [-0.05, 0) is 52.4 Å². The molecule has 0 saturated heterocycles. The molecule has 2 nitrogen and oxygen atoms in total. The molecule has 0 spiro atoms. The van der Waals surface area contributed by atoms with Crippen molar-refractivity contribution >= 4 is 16.5 Å². The molecule has 2 heteroatoms. The van der Waals surface area contributed by atoms with Crippen molar-refractivity contribution < 1.29 is 5.11 Å². The first-order valence-electron chi connectivity index (χ1n) is 8.94. The lowest BCUT2D eigenvalue weighted by Gasteiger charge is -2.20. The Hall–Kier alpha value is -3.26. The molecule has 1 heterocycles. The van der Waals surface area contributed by atoms with Gasteiger partial charge in [-0.15, -0.1) is 0 Å². The maximum Gasteiger partial charge on any atom is 0.115 e. The van der Waals surface area contributed by atoms with Crippen LogP contribution in [0.4, 0.5) is 0 Å². The van der Waals surface area contributed by atoms with E-state index in [0.717, 1.165) is 11.9 Å². The molecular formula is C24H19NO. The van der Waals surface area contributed by atoms with Crippen molar-refractivity contribution in [1.29, 1.82) is 0 Å². The first-order chi connectivity index (χ1) is 12.8. The van der Waals surface area contributed by atoms with Crippen molar-refractivity contribution in [3.8, 4) is 5.75 Å². The molecule has 1 unspecified atom stereocenters. The monoisotopic (exact) mass is 337 g/mol. The van der Waals surface area contributed by atoms with Gasteiger partial charge in [-0.1, -0.05) is 60.7 Å². The summed E-state index contributed by atoms with van der Waals surface area (Å²) >= 11 is 0. The minimum atomic E-state index is 0.135. The van der Waals surface area contributed by atoms with Crippen LogP contribution in [-0.2, 0) is 6.42 Å². The number of allylic oxidation sites excluding steroid dienone is 2. The van der Waals surface area contributed by atoms with Gasteiger partial charge in [0.25, 0.3) is 0 Å². The largest absolute Gasteiger partial charge is 0.508 e. The van der Waals surface area contributed by atoms with Crippen LogP contribution >= 0.6 is 0 Å². The molecule has 1 atom stereocenters. The number of hydrogen-bond donors (Lipinski definition) is 2. The van der Waals surface area contributed by atoms with Crippen molar-refractivity contribution in [3.05, 3.63) is 107 Å². The summed E-state index contributed by atoms with van der Waals surface area (Å²) in [4.78, 5) is 3.42. The van der Waals surface area contributed by atoms with Crippen LogP contribution in [-0.4, -0.2) is 10.1 Å². The van der Waals surface area contributed by atoms with Crippen LogP contribution in [0.25, 0.3) is 16.5 Å². The topological polar surface area (TPSA) is 36.0 Å². The molecule has 1 aliphatic carbocycles. The number of para-hydroxylation sites is 1. The lowest BCUT2D eigenvalue weighted by atomic mass is 9.82. The molecule has 126 valence electrons. The predicted molar refractivity (Wildman–Crippen MR) is 106 cm³/mol. The van der Waals surface area contributed by atoms with Crippen LogP contribution in [0.1, 0.15) is 28.2 Å². The van der Waals surface area contributed by atoms with Gasteiger partial charge >= 0.3 is 0 Å². The molecule has 2 N–H and O–H groups in total. The van der Waals surface area contributed by atoms with Gasteiger partial charge in [0.1, 0.15) is 5.75 Å². The molecule has 4 aromatic rings. The summed E-state index contributed by atoms with van der Waals surface area (Å²) < 4.78 is 0. The number of aromatic amines is 1. The summed E-state index contributed by atoms with van der Waals surface area (Å²) in [7, 11) is 0. The van der Waals surface area contributed by atoms with Crippen molar-refractivity contribution in [3.63, 3.8) is 0 Å². The number of aromatic nitrogens is 1. The van der Waals surface area contributed by atoms with Crippen LogP contribution in [0, 0.1) is 0 Å². The molecule has 0 fully saturated rings. The highest BCUT2D eigenvalue weighted by atomic mass is 16.3. The number of phenolic OH excluding ortho intramolecular Hbond substituents is 1. The minimum Gasteiger partial charge on any atom is -0.508 e. The average molecular weight is 337 g/mol. The third-order valence-corrected chi connectivity index (χ3v) is 5.34. The number of aromatic hydroxyl groups is 1. The van der Waals surface area contributed by atoms with Gasteiger partial charge in [0.15, 0.2) is 0 Å². The molecular weight excluding hydrogens is 318 g/mol. The van der Waals surface area contributed by atoms with Gasteiger partial charge in [0.2, 0.25) is 0 Å². The molecule has 1 aromatic heterocycles. The van der Waals surface area contributed by atoms with Gasteiger partial charge < -0.3 is 10.1 Å². The van der Waals surface area contributed by atoms with Crippen LogP contribution in [0.2, 0.25) is 0 Å². The summed E-state index contributed by atoms with van der Waals surface area (Å²) in [6.07, 6.45) is 5.45. The Balaban J connectivity index is 1.73. The molecule has 0 bridgehead atoms. The van der Waals surface area contributed by atoms with E-state index in [1.165, 1.54) is 33.2 Å². The standard InChI is InChI=1S/C24H19NO/c26-18-12-9-17(10-13-18)24(21-14-11-16-5-1-2-6-19(16)21)22-15-25-23-8-4-3-7-20(22)23/h1-10,12-15,24-26H,11H2. The lowest BCUT2D eigenvalue weighted by Crippen LogP contribution is -2.03. The number of H-pyrrole nitrogens is 1. The fraction of sp³-hybridized carbons (Fsp3) is 0.0833. The van der Waals surface area contributed by atoms with Crippen molar-refractivity contribution in [2.75, 3.05) is 0 Å². The number of phenols is 1. The highest BCUT2D eigenvalue weighted by Crippen LogP contribution is 2.44. The molecule has 0 aliphatic heterocycles. The van der Waals surface area contributed by atoms with E-state index in [4.69, 9.17) is 0 Å². The molecule has 26 heavy (non-hydrogen) atoms. The van der Waals surface area contributed by atoms with E-state index in [-0.39, 0.29) is 5.92 Å². The number of hydrogen-bond acceptors (Lipinski definition) is 1. The van der Waals surface area contributed by atoms with Gasteiger partial charge in [-0.2, -0.15) is 0 Å². The smallest absolute Gasteiger partial charge is 0.115 e. The highest BCUT2D eigenvalue weighted by Gasteiger charge is 2.26. The zero-order valence-corrected chi connectivity index (χ0v) is 14.3. The highest BCUT2D eigenvalue weighted by molar-refractivity contribution is 5.89. The Kier molecular flexibility index (Phi) is 3.42. The third-order valence-electron chi connectivity index (χ3n) is 5.34. The van der Waals surface area contributed by atoms with Gasteiger partial charge in [-0.25, -0.2) is 0 Å². The second-order valence-electron chi connectivity index (χ2n) is 6.83. The van der Waals surface area contributed by atoms with E-state index in [0.29, 0.717) is 5.75 Å². The Bertz CT molecular complexity index is 1120. The first-order valence-corrected chi connectivity index (χ1v) is 8.94. The Morgan fingerprint density at radius 1 is 0.846 bits per heavy atom. The van der Waals surface area contributed by atoms with Crippen LogP contribution in [0.3, 0.4) is 0 Å². The number of nitrogens with one attached hydrogen (secondary N) is 1. The Morgan fingerprint density at radius 3 is 2.50 bits per heavy atom. The predicted octanol–water partition coefficient (Wildman–Crippen LogP) is 5.65. The normalized spacial score (nSPS) is 14.2. The van der Waals surface area contributed by atoms with Crippen molar-refractivity contribution in [1.82, 2.24) is 4.98 Å². The maximum atomic E-state index is 9.74. The summed E-state index contributed by atoms with van der Waals surface area (Å²) in [6.45, 7) is 0. The Labute approximate surface area is 152 Å². The summed E-state index contributed by atoms with van der Waals surface area (Å²) in [5.41, 5.74) is 7.67. The van der Waals surface area contributed by atoms with Gasteiger partial charge in [0.05, 0.1) is 0 Å². The molecule has 1 aliphatic rings. The van der Waals surface area contributed by atoms with Crippen LogP contribution in [0.15, 0.2) is 85.1 Å². The maximum absolute atomic E-state index is 9.74. The number of benzene rings is 3. The summed E-state index contributed by atoms with van der Waals surface area (Å²) in [5.74, 6) is 0.433. The van der Waals surface area contributed by atoms with Gasteiger partial charge in [0, 0.05) is 23.0 Å². The zero-order chi connectivity index (χ0) is 17.5. The first kappa shape index (κ1) is 15.0. The van der Waals surface area contributed by atoms with E-state index < -0.39 is 0 Å². The lowest BCUT2D eigenvalue weighted by molar-refractivity contribution is 0.475. The molecule has 5 rings (SSSR count). The van der Waals surface area contributed by atoms with Gasteiger partial charge in [-0.3, -0.25) is 0 Å². The fourth-order valence-corrected chi connectivity index (χ4v) is 4.11. The molecule has 0 amide bonds. The quantitative estimate of drug-likeness (QED) is 0.498. The SMILES string of the molecule is Oc1ccc(C(C2=CCc3ccccc32)c2c[nH]c3ccccc23)cc1. The minimum absolute atomic E-state index is 0.135. The fourth-order valence-electron chi connectivity index (χ4n) is 4.11. The number of fused-ring (bicyclic) bond motifs is 2. The second kappa shape index (κ2) is 5.92. The van der Waals surface area contributed by atoms with E-state index >= 15 is 0 Å². The average Bonchev–Trinajstić information content (AvgIpc) is 3.29. The van der Waals surface area contributed by atoms with E-state index in [9.17, 15) is 5.11 Å². The van der Waals surface area contributed by atoms with E-state index in [1.807, 2.05) is 12.1 Å². The van der Waals surface area contributed by atoms with Crippen molar-refractivity contribution in [2.24, 2.45) is 0 Å². The zero-order valence-electron chi connectivity index (χ0n) is 14.3. The van der Waals surface area contributed by atoms with E-state index in [2.05, 4.69) is 65.8 Å².